The van der Waals surface area contributed by atoms with E-state index in [4.69, 9.17) is 11.6 Å². The Bertz CT molecular complexity index is 1370. The van der Waals surface area contributed by atoms with E-state index in [0.717, 1.165) is 27.5 Å². The fourth-order valence-corrected chi connectivity index (χ4v) is 3.63. The van der Waals surface area contributed by atoms with Crippen molar-refractivity contribution in [1.29, 1.82) is 0 Å². The van der Waals surface area contributed by atoms with Crippen molar-refractivity contribution >= 4 is 45.8 Å². The lowest BCUT2D eigenvalue weighted by molar-refractivity contribution is -0.117. The number of likely N-dealkylation sites (N-methyl/N-ethyl adjacent to an activating group) is 1. The van der Waals surface area contributed by atoms with Crippen molar-refractivity contribution in [2.75, 3.05) is 17.7 Å². The number of halogens is 1. The Kier molecular flexibility index (Phi) is 6.81. The first-order valence-corrected chi connectivity index (χ1v) is 11.0. The van der Waals surface area contributed by atoms with Gasteiger partial charge in [-0.3, -0.25) is 14.6 Å². The van der Waals surface area contributed by atoms with Crippen LogP contribution >= 0.6 is 11.6 Å². The van der Waals surface area contributed by atoms with E-state index in [0.29, 0.717) is 10.8 Å². The Morgan fingerprint density at radius 1 is 1.00 bits per heavy atom. The Balaban J connectivity index is 1.79. The maximum Gasteiger partial charge on any atom is 0.275 e. The van der Waals surface area contributed by atoms with E-state index in [1.54, 1.807) is 44.6 Å². The van der Waals surface area contributed by atoms with Crippen LogP contribution in [0.4, 0.5) is 11.6 Å². The highest BCUT2D eigenvalue weighted by Gasteiger charge is 2.16. The molecule has 0 bridgehead atoms. The maximum atomic E-state index is 12.8. The van der Waals surface area contributed by atoms with Gasteiger partial charge >= 0.3 is 0 Å². The number of hydrogen-bond donors (Lipinski definition) is 3. The topological polar surface area (TPSA) is 109 Å². The molecule has 3 N–H and O–H groups in total. The quantitative estimate of drug-likeness (QED) is 0.381. The molecule has 0 saturated heterocycles. The number of nitrogens with one attached hydrogen (secondary N) is 3. The van der Waals surface area contributed by atoms with Gasteiger partial charge in [0.2, 0.25) is 5.91 Å². The zero-order valence-electron chi connectivity index (χ0n) is 18.9. The standard InChI is InChI=1S/C25H23ClN6O2/c1-14-11-28-12-16-5-4-6-19(23(14)16)17-9-21(31-24(33)15(2)27-3)30-22(10-17)32-25(34)20-8-7-18(26)13-29-20/h4-13,15,27H,1-3H3,(H2,30,31,32,33,34). The first-order chi connectivity index (χ1) is 16.4. The van der Waals surface area contributed by atoms with Crippen molar-refractivity contribution < 1.29 is 9.59 Å². The van der Waals surface area contributed by atoms with Crippen LogP contribution in [0, 0.1) is 6.92 Å². The Morgan fingerprint density at radius 2 is 1.76 bits per heavy atom. The summed E-state index contributed by atoms with van der Waals surface area (Å²) in [7, 11) is 1.70. The maximum absolute atomic E-state index is 12.8. The van der Waals surface area contributed by atoms with Crippen LogP contribution < -0.4 is 16.0 Å². The molecule has 0 aliphatic heterocycles. The van der Waals surface area contributed by atoms with Crippen LogP contribution in [0.3, 0.4) is 0 Å². The minimum atomic E-state index is -0.444. The number of rotatable bonds is 6. The molecule has 172 valence electrons. The molecule has 0 saturated carbocycles. The molecule has 1 aromatic carbocycles. The van der Waals surface area contributed by atoms with Gasteiger partial charge in [-0.1, -0.05) is 29.8 Å². The molecule has 4 rings (SSSR count). The molecule has 3 aromatic heterocycles. The van der Waals surface area contributed by atoms with Crippen LogP contribution in [0.5, 0.6) is 0 Å². The summed E-state index contributed by atoms with van der Waals surface area (Å²) in [5.41, 5.74) is 2.91. The van der Waals surface area contributed by atoms with E-state index in [2.05, 4.69) is 30.9 Å². The summed E-state index contributed by atoms with van der Waals surface area (Å²) in [6.45, 7) is 3.74. The molecule has 0 spiro atoms. The van der Waals surface area contributed by atoms with E-state index in [1.165, 1.54) is 12.3 Å². The summed E-state index contributed by atoms with van der Waals surface area (Å²) in [6.07, 6.45) is 5.01. The number of amides is 2. The highest BCUT2D eigenvalue weighted by Crippen LogP contribution is 2.33. The van der Waals surface area contributed by atoms with E-state index in [1.807, 2.05) is 25.1 Å². The Hall–Kier alpha value is -3.88. The van der Waals surface area contributed by atoms with Gasteiger partial charge < -0.3 is 16.0 Å². The number of nitrogens with zero attached hydrogens (tertiary/aromatic N) is 3. The molecule has 0 fully saturated rings. The van der Waals surface area contributed by atoms with Crippen molar-refractivity contribution in [3.8, 4) is 11.1 Å². The molecule has 1 unspecified atom stereocenters. The monoisotopic (exact) mass is 474 g/mol. The van der Waals surface area contributed by atoms with E-state index in [-0.39, 0.29) is 17.4 Å². The van der Waals surface area contributed by atoms with E-state index >= 15 is 0 Å². The second-order valence-corrected chi connectivity index (χ2v) is 8.24. The molecule has 8 nitrogen and oxygen atoms in total. The molecular formula is C25H23ClN6O2. The van der Waals surface area contributed by atoms with Crippen LogP contribution in [0.1, 0.15) is 23.0 Å². The average Bonchev–Trinajstić information content (AvgIpc) is 2.83. The van der Waals surface area contributed by atoms with Gasteiger partial charge in [-0.15, -0.1) is 0 Å². The van der Waals surface area contributed by atoms with Crippen molar-refractivity contribution in [2.45, 2.75) is 19.9 Å². The predicted octanol–water partition coefficient (Wildman–Crippen LogP) is 4.45. The summed E-state index contributed by atoms with van der Waals surface area (Å²) in [5.74, 6) is -0.106. The Labute approximate surface area is 201 Å². The number of anilines is 2. The third-order valence-electron chi connectivity index (χ3n) is 5.39. The largest absolute Gasteiger partial charge is 0.309 e. The van der Waals surface area contributed by atoms with Gasteiger partial charge in [-0.25, -0.2) is 9.97 Å². The van der Waals surface area contributed by atoms with Crippen molar-refractivity contribution in [2.24, 2.45) is 0 Å². The number of carbonyl (C=O) groups excluding carboxylic acids is 2. The third-order valence-corrected chi connectivity index (χ3v) is 5.61. The third kappa shape index (κ3) is 5.03. The number of pyridine rings is 3. The molecular weight excluding hydrogens is 452 g/mol. The van der Waals surface area contributed by atoms with Crippen molar-refractivity contribution in [3.05, 3.63) is 77.3 Å². The van der Waals surface area contributed by atoms with Crippen LogP contribution in [-0.4, -0.2) is 39.9 Å². The van der Waals surface area contributed by atoms with Crippen LogP contribution in [0.15, 0.2) is 61.1 Å². The lowest BCUT2D eigenvalue weighted by Gasteiger charge is -2.15. The summed E-state index contributed by atoms with van der Waals surface area (Å²) in [5, 5.41) is 10.9. The summed E-state index contributed by atoms with van der Waals surface area (Å²) >= 11 is 5.88. The average molecular weight is 475 g/mol. The zero-order valence-corrected chi connectivity index (χ0v) is 19.6. The predicted molar refractivity (Wildman–Crippen MR) is 134 cm³/mol. The zero-order chi connectivity index (χ0) is 24.2. The highest BCUT2D eigenvalue weighted by molar-refractivity contribution is 6.30. The summed E-state index contributed by atoms with van der Waals surface area (Å²) in [6, 6.07) is 12.2. The minimum absolute atomic E-state index is 0.193. The highest BCUT2D eigenvalue weighted by atomic mass is 35.5. The number of fused-ring (bicyclic) bond motifs is 1. The van der Waals surface area contributed by atoms with Crippen molar-refractivity contribution in [1.82, 2.24) is 20.3 Å². The molecule has 34 heavy (non-hydrogen) atoms. The molecule has 1 atom stereocenters. The van der Waals surface area contributed by atoms with Crippen LogP contribution in [0.25, 0.3) is 21.9 Å². The summed E-state index contributed by atoms with van der Waals surface area (Å²) in [4.78, 5) is 38.1. The SMILES string of the molecule is CNC(C)C(=O)Nc1cc(-c2cccc3cncc(C)c23)cc(NC(=O)c2ccc(Cl)cn2)n1. The number of aromatic nitrogens is 3. The first-order valence-electron chi connectivity index (χ1n) is 10.6. The minimum Gasteiger partial charge on any atom is -0.309 e. The van der Waals surface area contributed by atoms with Gasteiger partial charge in [0.15, 0.2) is 0 Å². The van der Waals surface area contributed by atoms with E-state index in [9.17, 15) is 9.59 Å². The second kappa shape index (κ2) is 9.94. The lowest BCUT2D eigenvalue weighted by Crippen LogP contribution is -2.35. The number of benzene rings is 1. The van der Waals surface area contributed by atoms with Gasteiger partial charge in [0.1, 0.15) is 17.3 Å². The van der Waals surface area contributed by atoms with Gasteiger partial charge in [0.25, 0.3) is 5.91 Å². The second-order valence-electron chi connectivity index (χ2n) is 7.80. The van der Waals surface area contributed by atoms with Gasteiger partial charge in [-0.05, 0) is 67.2 Å². The fourth-order valence-electron chi connectivity index (χ4n) is 3.52. The molecule has 0 radical (unpaired) electrons. The molecule has 4 aromatic rings. The molecule has 0 aliphatic carbocycles. The molecule has 9 heteroatoms. The lowest BCUT2D eigenvalue weighted by atomic mass is 9.97. The smallest absolute Gasteiger partial charge is 0.275 e. The summed E-state index contributed by atoms with van der Waals surface area (Å²) < 4.78 is 0. The Morgan fingerprint density at radius 3 is 2.47 bits per heavy atom. The van der Waals surface area contributed by atoms with Crippen LogP contribution in [0.2, 0.25) is 5.02 Å². The molecule has 0 aliphatic rings. The van der Waals surface area contributed by atoms with Gasteiger partial charge in [0.05, 0.1) is 11.1 Å². The van der Waals surface area contributed by atoms with Crippen LogP contribution in [-0.2, 0) is 4.79 Å². The number of hydrogen-bond acceptors (Lipinski definition) is 6. The van der Waals surface area contributed by atoms with E-state index < -0.39 is 11.9 Å². The number of carbonyl (C=O) groups is 2. The van der Waals surface area contributed by atoms with Gasteiger partial charge in [-0.2, -0.15) is 0 Å². The normalized spacial score (nSPS) is 11.8. The first kappa shape index (κ1) is 23.3. The number of aryl methyl sites for hydroxylation is 1. The molecule has 3 heterocycles. The fraction of sp³-hybridized carbons (Fsp3) is 0.160. The van der Waals surface area contributed by atoms with Gasteiger partial charge in [0, 0.05) is 24.0 Å². The van der Waals surface area contributed by atoms with Crippen molar-refractivity contribution in [3.63, 3.8) is 0 Å². The molecule has 2 amide bonds.